The molecule has 0 atom stereocenters. The quantitative estimate of drug-likeness (QED) is 0.718. The number of aromatic nitrogens is 1. The van der Waals surface area contributed by atoms with Gasteiger partial charge in [0.15, 0.2) is 0 Å². The first-order valence-corrected chi connectivity index (χ1v) is 9.11. The number of piperidine rings is 1. The Morgan fingerprint density at radius 1 is 1.15 bits per heavy atom. The van der Waals surface area contributed by atoms with Crippen LogP contribution in [0.2, 0.25) is 0 Å². The van der Waals surface area contributed by atoms with Crippen molar-refractivity contribution in [3.05, 3.63) is 23.4 Å². The van der Waals surface area contributed by atoms with Gasteiger partial charge in [0.1, 0.15) is 5.82 Å². The van der Waals surface area contributed by atoms with Gasteiger partial charge in [0, 0.05) is 24.6 Å². The topological polar surface area (TPSA) is 16.1 Å². The number of rotatable bonds is 2. The van der Waals surface area contributed by atoms with E-state index in [0.29, 0.717) is 5.41 Å². The fourth-order valence-corrected chi connectivity index (χ4v) is 4.33. The number of halogens is 1. The third-order valence-electron chi connectivity index (χ3n) is 5.30. The summed E-state index contributed by atoms with van der Waals surface area (Å²) in [5.74, 6) is 1.21. The summed E-state index contributed by atoms with van der Waals surface area (Å²) in [5, 5.41) is 0.893. The predicted molar refractivity (Wildman–Crippen MR) is 88.6 cm³/mol. The molecule has 2 heterocycles. The van der Waals surface area contributed by atoms with Crippen molar-refractivity contribution < 1.29 is 0 Å². The molecule has 1 saturated carbocycles. The first-order valence-electron chi connectivity index (χ1n) is 7.99. The van der Waals surface area contributed by atoms with Gasteiger partial charge >= 0.3 is 0 Å². The van der Waals surface area contributed by atoms with E-state index in [9.17, 15) is 0 Å². The van der Waals surface area contributed by atoms with E-state index in [1.807, 2.05) is 6.20 Å². The van der Waals surface area contributed by atoms with Gasteiger partial charge in [-0.15, -0.1) is 0 Å². The molecule has 3 rings (SSSR count). The van der Waals surface area contributed by atoms with Gasteiger partial charge in [-0.3, -0.25) is 0 Å². The second-order valence-corrected chi connectivity index (χ2v) is 7.23. The fraction of sp³-hybridized carbons (Fsp3) is 0.706. The molecule has 1 saturated heterocycles. The van der Waals surface area contributed by atoms with Crippen LogP contribution in [-0.2, 0) is 5.33 Å². The molecule has 1 aromatic heterocycles. The standard InChI is InChI=1S/C17H25BrN2/c1-14-11-15(12-18)13-19-16(14)20-9-7-17(8-10-20)5-3-2-4-6-17/h11,13H,2-10,12H2,1H3. The minimum absolute atomic E-state index is 0.679. The van der Waals surface area contributed by atoms with Gasteiger partial charge in [0.05, 0.1) is 0 Å². The number of hydrogen-bond donors (Lipinski definition) is 0. The van der Waals surface area contributed by atoms with E-state index in [-0.39, 0.29) is 0 Å². The SMILES string of the molecule is Cc1cc(CBr)cnc1N1CCC2(CCCCC2)CC1. The van der Waals surface area contributed by atoms with Crippen molar-refractivity contribution in [3.8, 4) is 0 Å². The second-order valence-electron chi connectivity index (χ2n) is 6.67. The van der Waals surface area contributed by atoms with Crippen molar-refractivity contribution in [3.63, 3.8) is 0 Å². The highest BCUT2D eigenvalue weighted by Crippen LogP contribution is 2.45. The Balaban J connectivity index is 1.68. The summed E-state index contributed by atoms with van der Waals surface area (Å²) in [6.45, 7) is 4.59. The van der Waals surface area contributed by atoms with Crippen LogP contribution in [0.4, 0.5) is 5.82 Å². The molecular weight excluding hydrogens is 312 g/mol. The van der Waals surface area contributed by atoms with Crippen LogP contribution in [0.15, 0.2) is 12.3 Å². The molecule has 0 bridgehead atoms. The average Bonchev–Trinajstić information content (AvgIpc) is 2.49. The van der Waals surface area contributed by atoms with Gasteiger partial charge in [0.25, 0.3) is 0 Å². The molecular formula is C17H25BrN2. The predicted octanol–water partition coefficient (Wildman–Crippen LogP) is 4.84. The minimum atomic E-state index is 0.679. The van der Waals surface area contributed by atoms with Crippen LogP contribution in [-0.4, -0.2) is 18.1 Å². The maximum Gasteiger partial charge on any atom is 0.131 e. The molecule has 0 N–H and O–H groups in total. The highest BCUT2D eigenvalue weighted by atomic mass is 79.9. The normalized spacial score (nSPS) is 22.2. The molecule has 1 aromatic rings. The zero-order valence-corrected chi connectivity index (χ0v) is 14.1. The van der Waals surface area contributed by atoms with Crippen molar-refractivity contribution >= 4 is 21.7 Å². The minimum Gasteiger partial charge on any atom is -0.356 e. The van der Waals surface area contributed by atoms with Crippen LogP contribution in [0.3, 0.4) is 0 Å². The molecule has 2 nitrogen and oxygen atoms in total. The number of pyridine rings is 1. The lowest BCUT2D eigenvalue weighted by atomic mass is 9.68. The highest BCUT2D eigenvalue weighted by Gasteiger charge is 2.35. The van der Waals surface area contributed by atoms with E-state index < -0.39 is 0 Å². The van der Waals surface area contributed by atoms with Crippen LogP contribution < -0.4 is 4.90 Å². The molecule has 0 amide bonds. The van der Waals surface area contributed by atoms with Crippen molar-refractivity contribution in [2.24, 2.45) is 5.41 Å². The van der Waals surface area contributed by atoms with Crippen LogP contribution in [0.1, 0.15) is 56.1 Å². The maximum absolute atomic E-state index is 4.70. The third kappa shape index (κ3) is 2.88. The van der Waals surface area contributed by atoms with Crippen LogP contribution in [0.5, 0.6) is 0 Å². The number of aryl methyl sites for hydroxylation is 1. The lowest BCUT2D eigenvalue weighted by Gasteiger charge is -2.45. The number of nitrogens with zero attached hydrogens (tertiary/aromatic N) is 2. The van der Waals surface area contributed by atoms with E-state index >= 15 is 0 Å². The summed E-state index contributed by atoms with van der Waals surface area (Å²) in [6.07, 6.45) is 12.1. The Morgan fingerprint density at radius 3 is 2.45 bits per heavy atom. The van der Waals surface area contributed by atoms with E-state index in [4.69, 9.17) is 4.98 Å². The largest absolute Gasteiger partial charge is 0.356 e. The fourth-order valence-electron chi connectivity index (χ4n) is 4.02. The maximum atomic E-state index is 4.70. The van der Waals surface area contributed by atoms with E-state index in [1.165, 1.54) is 75.0 Å². The van der Waals surface area contributed by atoms with Crippen LogP contribution >= 0.6 is 15.9 Å². The van der Waals surface area contributed by atoms with Crippen molar-refractivity contribution in [1.29, 1.82) is 0 Å². The molecule has 1 aliphatic carbocycles. The van der Waals surface area contributed by atoms with Gasteiger partial charge in [0.2, 0.25) is 0 Å². The number of alkyl halides is 1. The monoisotopic (exact) mass is 336 g/mol. The van der Waals surface area contributed by atoms with Gasteiger partial charge in [-0.2, -0.15) is 0 Å². The Bertz CT molecular complexity index is 456. The van der Waals surface area contributed by atoms with Crippen molar-refractivity contribution in [2.75, 3.05) is 18.0 Å². The number of hydrogen-bond acceptors (Lipinski definition) is 2. The molecule has 1 spiro atoms. The Morgan fingerprint density at radius 2 is 1.85 bits per heavy atom. The van der Waals surface area contributed by atoms with Crippen molar-refractivity contribution in [2.45, 2.75) is 57.2 Å². The zero-order chi connectivity index (χ0) is 14.0. The van der Waals surface area contributed by atoms with Crippen LogP contribution in [0.25, 0.3) is 0 Å². The summed E-state index contributed by atoms with van der Waals surface area (Å²) in [6, 6.07) is 2.27. The van der Waals surface area contributed by atoms with Gasteiger partial charge in [-0.25, -0.2) is 4.98 Å². The van der Waals surface area contributed by atoms with E-state index in [0.717, 1.165) is 5.33 Å². The highest BCUT2D eigenvalue weighted by molar-refractivity contribution is 9.08. The summed E-state index contributed by atoms with van der Waals surface area (Å²) in [4.78, 5) is 7.21. The third-order valence-corrected chi connectivity index (χ3v) is 5.95. The average molecular weight is 337 g/mol. The second kappa shape index (κ2) is 6.05. The molecule has 0 radical (unpaired) electrons. The zero-order valence-electron chi connectivity index (χ0n) is 12.5. The Hall–Kier alpha value is -0.570. The first kappa shape index (κ1) is 14.4. The summed E-state index contributed by atoms with van der Waals surface area (Å²) in [5.41, 5.74) is 3.27. The van der Waals surface area contributed by atoms with Gasteiger partial charge < -0.3 is 4.90 Å². The lowest BCUT2D eigenvalue weighted by molar-refractivity contribution is 0.144. The van der Waals surface area contributed by atoms with Gasteiger partial charge in [-0.05, 0) is 49.1 Å². The summed E-state index contributed by atoms with van der Waals surface area (Å²) >= 11 is 3.51. The molecule has 2 fully saturated rings. The van der Waals surface area contributed by atoms with Crippen LogP contribution in [0, 0.1) is 12.3 Å². The van der Waals surface area contributed by atoms with E-state index in [1.54, 1.807) is 0 Å². The Kier molecular flexibility index (Phi) is 4.34. The number of anilines is 1. The molecule has 2 aliphatic rings. The van der Waals surface area contributed by atoms with E-state index in [2.05, 4.69) is 33.8 Å². The first-order chi connectivity index (χ1) is 9.72. The Labute approximate surface area is 131 Å². The lowest BCUT2D eigenvalue weighted by Crippen LogP contribution is -2.41. The molecule has 110 valence electrons. The molecule has 20 heavy (non-hydrogen) atoms. The molecule has 1 aliphatic heterocycles. The summed E-state index contributed by atoms with van der Waals surface area (Å²) in [7, 11) is 0. The smallest absolute Gasteiger partial charge is 0.131 e. The molecule has 3 heteroatoms. The van der Waals surface area contributed by atoms with Crippen molar-refractivity contribution in [1.82, 2.24) is 4.98 Å². The molecule has 0 unspecified atom stereocenters. The van der Waals surface area contributed by atoms with Gasteiger partial charge in [-0.1, -0.05) is 41.3 Å². The molecule has 0 aromatic carbocycles. The summed E-state index contributed by atoms with van der Waals surface area (Å²) < 4.78 is 0.